The van der Waals surface area contributed by atoms with Crippen molar-refractivity contribution in [1.82, 2.24) is 5.09 Å². The number of para-hydroxylation sites is 1. The average Bonchev–Trinajstić information content (AvgIpc) is 2.78. The highest BCUT2D eigenvalue weighted by Gasteiger charge is 2.40. The van der Waals surface area contributed by atoms with E-state index in [1.807, 2.05) is 6.92 Å². The topological polar surface area (TPSA) is 73.9 Å². The first-order valence-corrected chi connectivity index (χ1v) is 12.0. The van der Waals surface area contributed by atoms with Gasteiger partial charge in [-0.25, -0.2) is 17.7 Å². The van der Waals surface area contributed by atoms with Crippen LogP contribution in [0.25, 0.3) is 0 Å². The summed E-state index contributed by atoms with van der Waals surface area (Å²) >= 11 is 0. The van der Waals surface area contributed by atoms with Crippen LogP contribution in [0.4, 0.5) is 22.0 Å². The Balaban J connectivity index is 2.49. The molecule has 0 radical (unpaired) electrons. The maximum Gasteiger partial charge on any atom is 0.513 e. The Kier molecular flexibility index (Phi) is 9.46. The number of rotatable bonds is 11. The molecular weight excluding hydrogens is 484 g/mol. The summed E-state index contributed by atoms with van der Waals surface area (Å²) in [6, 6.07) is 5.76. The van der Waals surface area contributed by atoms with E-state index in [4.69, 9.17) is 13.8 Å². The summed E-state index contributed by atoms with van der Waals surface area (Å²) in [5, 5.41) is 2.25. The Labute approximate surface area is 194 Å². The first kappa shape index (κ1) is 27.6. The Hall–Kier alpha value is -2.65. The summed E-state index contributed by atoms with van der Waals surface area (Å²) < 4.78 is 98.2. The SMILES string of the molecule is CCC[C@H](C)OC(=O)[C@@H](N[P@](=O)(Oc1ccccc1)Oc1c(F)c(F)c(F)c(F)c1F)C(C)C. The minimum Gasteiger partial charge on any atom is -0.461 e. The number of halogens is 5. The van der Waals surface area contributed by atoms with Gasteiger partial charge in [-0.3, -0.25) is 4.79 Å². The van der Waals surface area contributed by atoms with Gasteiger partial charge in [-0.1, -0.05) is 45.4 Å². The van der Waals surface area contributed by atoms with E-state index in [1.165, 1.54) is 24.3 Å². The molecule has 0 aromatic heterocycles. The highest BCUT2D eigenvalue weighted by molar-refractivity contribution is 7.52. The zero-order valence-electron chi connectivity index (χ0n) is 18.9. The van der Waals surface area contributed by atoms with Crippen molar-refractivity contribution in [3.05, 3.63) is 59.4 Å². The third-order valence-corrected chi connectivity index (χ3v) is 6.05. The van der Waals surface area contributed by atoms with Crippen LogP contribution < -0.4 is 14.1 Å². The van der Waals surface area contributed by atoms with Gasteiger partial charge in [-0.2, -0.15) is 13.9 Å². The lowest BCUT2D eigenvalue weighted by atomic mass is 10.1. The van der Waals surface area contributed by atoms with Crippen LogP contribution in [0.5, 0.6) is 11.5 Å². The van der Waals surface area contributed by atoms with Crippen molar-refractivity contribution in [2.75, 3.05) is 0 Å². The number of hydrogen-bond donors (Lipinski definition) is 1. The smallest absolute Gasteiger partial charge is 0.461 e. The standard InChI is InChI=1S/C22H25F5NO5P/c1-5-9-13(4)31-22(29)20(12(2)3)28-34(30,32-14-10-7-6-8-11-14)33-21-18(26)16(24)15(23)17(25)19(21)27/h6-8,10-13,20H,5,9H2,1-4H3,(H,28,30)/t13-,20-,34-/m0/s1. The molecule has 0 heterocycles. The molecule has 2 aromatic carbocycles. The van der Waals surface area contributed by atoms with Gasteiger partial charge in [0.1, 0.15) is 11.8 Å². The molecule has 188 valence electrons. The number of nitrogens with one attached hydrogen (secondary N) is 1. The van der Waals surface area contributed by atoms with Crippen molar-refractivity contribution in [1.29, 1.82) is 0 Å². The van der Waals surface area contributed by atoms with E-state index >= 15 is 0 Å². The summed E-state index contributed by atoms with van der Waals surface area (Å²) in [5.74, 6) is -15.1. The Morgan fingerprint density at radius 3 is 1.94 bits per heavy atom. The third kappa shape index (κ3) is 6.70. The van der Waals surface area contributed by atoms with Gasteiger partial charge in [0.05, 0.1) is 6.10 Å². The Bertz CT molecular complexity index is 1020. The summed E-state index contributed by atoms with van der Waals surface area (Å²) in [7, 11) is -4.98. The van der Waals surface area contributed by atoms with Crippen LogP contribution in [0.2, 0.25) is 0 Å². The quantitative estimate of drug-likeness (QED) is 0.126. The van der Waals surface area contributed by atoms with Crippen LogP contribution in [-0.4, -0.2) is 18.1 Å². The zero-order chi connectivity index (χ0) is 25.6. The molecule has 0 saturated heterocycles. The fraction of sp³-hybridized carbons (Fsp3) is 0.409. The van der Waals surface area contributed by atoms with Gasteiger partial charge in [-0.05, 0) is 31.4 Å². The maximum absolute atomic E-state index is 14.2. The van der Waals surface area contributed by atoms with E-state index in [9.17, 15) is 31.3 Å². The van der Waals surface area contributed by atoms with Crippen molar-refractivity contribution in [3.63, 3.8) is 0 Å². The lowest BCUT2D eigenvalue weighted by Gasteiger charge is -2.27. The van der Waals surface area contributed by atoms with E-state index in [1.54, 1.807) is 26.8 Å². The number of carbonyl (C=O) groups is 1. The van der Waals surface area contributed by atoms with Gasteiger partial charge in [0.2, 0.25) is 34.8 Å². The normalized spacial score (nSPS) is 14.9. The van der Waals surface area contributed by atoms with E-state index < -0.39 is 66.6 Å². The predicted molar refractivity (Wildman–Crippen MR) is 114 cm³/mol. The highest BCUT2D eigenvalue weighted by atomic mass is 31.2. The van der Waals surface area contributed by atoms with Crippen molar-refractivity contribution in [2.45, 2.75) is 52.7 Å². The summed E-state index contributed by atoms with van der Waals surface area (Å²) in [5.41, 5.74) is 0. The van der Waals surface area contributed by atoms with E-state index in [2.05, 4.69) is 5.09 Å². The Morgan fingerprint density at radius 1 is 0.912 bits per heavy atom. The average molecular weight is 509 g/mol. The van der Waals surface area contributed by atoms with E-state index in [0.29, 0.717) is 12.8 Å². The van der Waals surface area contributed by atoms with E-state index in [-0.39, 0.29) is 5.75 Å². The molecule has 12 heteroatoms. The molecule has 0 amide bonds. The van der Waals surface area contributed by atoms with Gasteiger partial charge in [0.15, 0.2) is 0 Å². The molecule has 3 atom stereocenters. The van der Waals surface area contributed by atoms with Crippen LogP contribution in [0.3, 0.4) is 0 Å². The largest absolute Gasteiger partial charge is 0.513 e. The molecule has 0 bridgehead atoms. The molecule has 1 N–H and O–H groups in total. The van der Waals surface area contributed by atoms with E-state index in [0.717, 1.165) is 0 Å². The van der Waals surface area contributed by atoms with Crippen molar-refractivity contribution in [2.24, 2.45) is 5.92 Å². The molecule has 0 aliphatic carbocycles. The van der Waals surface area contributed by atoms with Gasteiger partial charge in [0, 0.05) is 0 Å². The molecule has 0 saturated carbocycles. The highest BCUT2D eigenvalue weighted by Crippen LogP contribution is 2.48. The maximum atomic E-state index is 14.2. The molecule has 6 nitrogen and oxygen atoms in total. The molecule has 34 heavy (non-hydrogen) atoms. The number of carbonyl (C=O) groups excluding carboxylic acids is 1. The van der Waals surface area contributed by atoms with Crippen LogP contribution in [-0.2, 0) is 14.1 Å². The van der Waals surface area contributed by atoms with Gasteiger partial charge >= 0.3 is 13.7 Å². The summed E-state index contributed by atoms with van der Waals surface area (Å²) in [4.78, 5) is 12.7. The Morgan fingerprint density at radius 2 is 1.44 bits per heavy atom. The molecular formula is C22H25F5NO5P. The van der Waals surface area contributed by atoms with Gasteiger partial charge < -0.3 is 13.8 Å². The second-order valence-electron chi connectivity index (χ2n) is 7.78. The molecule has 2 aromatic rings. The number of ether oxygens (including phenoxy) is 1. The first-order chi connectivity index (χ1) is 15.9. The van der Waals surface area contributed by atoms with Crippen molar-refractivity contribution in [3.8, 4) is 11.5 Å². The fourth-order valence-corrected chi connectivity index (χ4v) is 4.54. The number of hydrogen-bond acceptors (Lipinski definition) is 5. The van der Waals surface area contributed by atoms with Crippen LogP contribution in [0.1, 0.15) is 40.5 Å². The van der Waals surface area contributed by atoms with Gasteiger partial charge in [-0.15, -0.1) is 0 Å². The molecule has 0 unspecified atom stereocenters. The molecule has 0 spiro atoms. The molecule has 2 rings (SSSR count). The number of esters is 1. The minimum absolute atomic E-state index is 0.127. The van der Waals surface area contributed by atoms with Crippen LogP contribution >= 0.6 is 7.75 Å². The van der Waals surface area contributed by atoms with Crippen LogP contribution in [0, 0.1) is 35.0 Å². The summed E-state index contributed by atoms with van der Waals surface area (Å²) in [6.07, 6.45) is 0.759. The zero-order valence-corrected chi connectivity index (χ0v) is 19.8. The molecule has 0 aliphatic rings. The van der Waals surface area contributed by atoms with Gasteiger partial charge in [0.25, 0.3) is 0 Å². The molecule has 0 fully saturated rings. The fourth-order valence-electron chi connectivity index (χ4n) is 2.86. The first-order valence-electron chi connectivity index (χ1n) is 10.4. The molecule has 0 aliphatic heterocycles. The summed E-state index contributed by atoms with van der Waals surface area (Å²) in [6.45, 7) is 6.62. The lowest BCUT2D eigenvalue weighted by molar-refractivity contribution is -0.151. The number of benzene rings is 2. The lowest BCUT2D eigenvalue weighted by Crippen LogP contribution is -2.43. The second kappa shape index (κ2) is 11.7. The minimum atomic E-state index is -4.98. The van der Waals surface area contributed by atoms with Crippen LogP contribution in [0.15, 0.2) is 30.3 Å². The monoisotopic (exact) mass is 509 g/mol. The predicted octanol–water partition coefficient (Wildman–Crippen LogP) is 6.29. The van der Waals surface area contributed by atoms with Crippen molar-refractivity contribution >= 4 is 13.7 Å². The van der Waals surface area contributed by atoms with Crippen molar-refractivity contribution < 1.29 is 45.1 Å². The second-order valence-corrected chi connectivity index (χ2v) is 9.40. The third-order valence-electron chi connectivity index (χ3n) is 4.58.